The van der Waals surface area contributed by atoms with Crippen LogP contribution in [0.15, 0.2) is 36.4 Å². The summed E-state index contributed by atoms with van der Waals surface area (Å²) in [4.78, 5) is 25.6. The summed E-state index contributed by atoms with van der Waals surface area (Å²) in [5.74, 6) is -2.02. The van der Waals surface area contributed by atoms with E-state index in [1.807, 2.05) is 24.3 Å². The van der Waals surface area contributed by atoms with Gasteiger partial charge in [0.25, 0.3) is 11.8 Å². The maximum atomic E-state index is 12.3. The summed E-state index contributed by atoms with van der Waals surface area (Å²) < 4.78 is 1.00. The number of aromatic hydroxyl groups is 2. The maximum Gasteiger partial charge on any atom is 0.265 e. The molecule has 1 heterocycles. The molecule has 106 valence electrons. The molecule has 0 saturated carbocycles. The molecule has 0 bridgehead atoms. The molecule has 0 spiro atoms. The lowest BCUT2D eigenvalue weighted by Gasteiger charge is -2.14. The topological polar surface area (TPSA) is 77.8 Å². The molecule has 0 radical (unpaired) electrons. The van der Waals surface area contributed by atoms with E-state index in [0.717, 1.165) is 14.0 Å². The number of carbonyl (C=O) groups excluding carboxylic acids is 2. The fourth-order valence-electron chi connectivity index (χ4n) is 2.31. The third kappa shape index (κ3) is 2.25. The minimum Gasteiger partial charge on any atom is -0.504 e. The first-order valence-corrected chi connectivity index (χ1v) is 7.22. The van der Waals surface area contributed by atoms with Crippen LogP contribution in [0.4, 0.5) is 0 Å². The first-order chi connectivity index (χ1) is 9.99. The SMILES string of the molecule is O=C1c2ccc(O)c(O)c2C(=O)N1Cc1cccc(I)c1. The number of carbonyl (C=O) groups is 2. The van der Waals surface area contributed by atoms with Crippen LogP contribution in [0, 0.1) is 3.57 Å². The molecule has 2 N–H and O–H groups in total. The van der Waals surface area contributed by atoms with Crippen LogP contribution in [0.2, 0.25) is 0 Å². The predicted octanol–water partition coefficient (Wildman–Crippen LogP) is 2.50. The number of rotatable bonds is 2. The Balaban J connectivity index is 1.99. The van der Waals surface area contributed by atoms with Crippen molar-refractivity contribution in [3.8, 4) is 11.5 Å². The molecule has 2 aromatic rings. The molecule has 3 rings (SSSR count). The Labute approximate surface area is 134 Å². The quantitative estimate of drug-likeness (QED) is 0.466. The molecular formula is C15H10INO4. The molecule has 0 unspecified atom stereocenters. The van der Waals surface area contributed by atoms with Crippen LogP contribution in [0.5, 0.6) is 11.5 Å². The Kier molecular flexibility index (Phi) is 3.32. The van der Waals surface area contributed by atoms with Crippen LogP contribution in [0.1, 0.15) is 26.3 Å². The van der Waals surface area contributed by atoms with Crippen molar-refractivity contribution in [1.29, 1.82) is 0 Å². The van der Waals surface area contributed by atoms with E-state index in [1.54, 1.807) is 0 Å². The van der Waals surface area contributed by atoms with Gasteiger partial charge in [-0.1, -0.05) is 12.1 Å². The van der Waals surface area contributed by atoms with Crippen LogP contribution in [-0.2, 0) is 6.54 Å². The minimum atomic E-state index is -0.595. The van der Waals surface area contributed by atoms with Gasteiger partial charge in [-0.25, -0.2) is 0 Å². The lowest BCUT2D eigenvalue weighted by atomic mass is 10.1. The molecule has 2 aromatic carbocycles. The van der Waals surface area contributed by atoms with E-state index < -0.39 is 23.3 Å². The summed E-state index contributed by atoms with van der Waals surface area (Å²) in [6.45, 7) is 0.128. The van der Waals surface area contributed by atoms with E-state index in [2.05, 4.69) is 22.6 Å². The molecule has 21 heavy (non-hydrogen) atoms. The smallest absolute Gasteiger partial charge is 0.265 e. The van der Waals surface area contributed by atoms with Gasteiger partial charge >= 0.3 is 0 Å². The van der Waals surface area contributed by atoms with E-state index in [0.29, 0.717) is 0 Å². The largest absolute Gasteiger partial charge is 0.504 e. The van der Waals surface area contributed by atoms with E-state index in [9.17, 15) is 19.8 Å². The number of fused-ring (bicyclic) bond motifs is 1. The molecule has 5 nitrogen and oxygen atoms in total. The van der Waals surface area contributed by atoms with E-state index in [-0.39, 0.29) is 17.7 Å². The van der Waals surface area contributed by atoms with E-state index >= 15 is 0 Å². The Morgan fingerprint density at radius 2 is 1.81 bits per heavy atom. The molecule has 0 aromatic heterocycles. The number of hydrogen-bond donors (Lipinski definition) is 2. The highest BCUT2D eigenvalue weighted by Gasteiger charge is 2.38. The van der Waals surface area contributed by atoms with Crippen LogP contribution < -0.4 is 0 Å². The standard InChI is InChI=1S/C15H10INO4/c16-9-3-1-2-8(6-9)7-17-14(20)10-4-5-11(18)13(19)12(10)15(17)21/h1-6,18-19H,7H2. The van der Waals surface area contributed by atoms with Gasteiger partial charge in [-0.05, 0) is 52.4 Å². The molecule has 0 saturated heterocycles. The summed E-state index contributed by atoms with van der Waals surface area (Å²) in [5.41, 5.74) is 0.798. The Morgan fingerprint density at radius 1 is 1.05 bits per heavy atom. The number of imide groups is 1. The van der Waals surface area contributed by atoms with Crippen molar-refractivity contribution in [3.63, 3.8) is 0 Å². The monoisotopic (exact) mass is 395 g/mol. The molecule has 1 aliphatic rings. The highest BCUT2D eigenvalue weighted by molar-refractivity contribution is 14.1. The minimum absolute atomic E-state index is 0.112. The third-order valence-corrected chi connectivity index (χ3v) is 3.99. The number of phenolic OH excluding ortho intramolecular Hbond substituents is 2. The number of benzene rings is 2. The van der Waals surface area contributed by atoms with Gasteiger partial charge in [0.2, 0.25) is 0 Å². The maximum absolute atomic E-state index is 12.3. The number of phenols is 2. The van der Waals surface area contributed by atoms with Crippen molar-refractivity contribution < 1.29 is 19.8 Å². The Bertz CT molecular complexity index is 772. The van der Waals surface area contributed by atoms with Crippen molar-refractivity contribution in [2.75, 3.05) is 0 Å². The molecule has 0 atom stereocenters. The number of amides is 2. The average Bonchev–Trinajstić information content (AvgIpc) is 2.68. The van der Waals surface area contributed by atoms with Gasteiger partial charge in [0.15, 0.2) is 11.5 Å². The molecule has 2 amide bonds. The normalized spacial score (nSPS) is 13.7. The molecule has 6 heteroatoms. The fourth-order valence-corrected chi connectivity index (χ4v) is 2.92. The third-order valence-electron chi connectivity index (χ3n) is 3.32. The second-order valence-electron chi connectivity index (χ2n) is 4.68. The number of halogens is 1. The number of nitrogens with zero attached hydrogens (tertiary/aromatic N) is 1. The highest BCUT2D eigenvalue weighted by Crippen LogP contribution is 2.37. The summed E-state index contributed by atoms with van der Waals surface area (Å²) in [5, 5.41) is 19.3. The summed E-state index contributed by atoms with van der Waals surface area (Å²) >= 11 is 2.15. The van der Waals surface area contributed by atoms with Gasteiger partial charge in [0, 0.05) is 3.57 Å². The van der Waals surface area contributed by atoms with E-state index in [4.69, 9.17) is 0 Å². The fraction of sp³-hybridized carbons (Fsp3) is 0.0667. The number of hydrogen-bond acceptors (Lipinski definition) is 4. The summed E-state index contributed by atoms with van der Waals surface area (Å²) in [6.07, 6.45) is 0. The first kappa shape index (κ1) is 13.9. The van der Waals surface area contributed by atoms with Crippen molar-refractivity contribution in [3.05, 3.63) is 56.7 Å². The van der Waals surface area contributed by atoms with Gasteiger partial charge in [-0.3, -0.25) is 14.5 Å². The lowest BCUT2D eigenvalue weighted by Crippen LogP contribution is -2.29. The van der Waals surface area contributed by atoms with Crippen molar-refractivity contribution in [2.24, 2.45) is 0 Å². The van der Waals surface area contributed by atoms with Crippen molar-refractivity contribution >= 4 is 34.4 Å². The second kappa shape index (κ2) is 5.03. The average molecular weight is 395 g/mol. The summed E-state index contributed by atoms with van der Waals surface area (Å²) in [7, 11) is 0. The summed E-state index contributed by atoms with van der Waals surface area (Å²) in [6, 6.07) is 10.0. The zero-order valence-electron chi connectivity index (χ0n) is 10.7. The van der Waals surface area contributed by atoms with Gasteiger partial charge in [-0.15, -0.1) is 0 Å². The van der Waals surface area contributed by atoms with Gasteiger partial charge in [-0.2, -0.15) is 0 Å². The predicted molar refractivity (Wildman–Crippen MR) is 83.1 cm³/mol. The van der Waals surface area contributed by atoms with Crippen LogP contribution in [0.25, 0.3) is 0 Å². The molecule has 0 fully saturated rings. The molecular weight excluding hydrogens is 385 g/mol. The Morgan fingerprint density at radius 3 is 2.52 bits per heavy atom. The van der Waals surface area contributed by atoms with Crippen LogP contribution in [-0.4, -0.2) is 26.9 Å². The van der Waals surface area contributed by atoms with Gasteiger partial charge in [0.05, 0.1) is 17.7 Å². The lowest BCUT2D eigenvalue weighted by molar-refractivity contribution is 0.0641. The van der Waals surface area contributed by atoms with Crippen LogP contribution in [0.3, 0.4) is 0 Å². The van der Waals surface area contributed by atoms with Crippen molar-refractivity contribution in [2.45, 2.75) is 6.54 Å². The van der Waals surface area contributed by atoms with E-state index in [1.165, 1.54) is 12.1 Å². The zero-order valence-corrected chi connectivity index (χ0v) is 12.9. The molecule has 1 aliphatic heterocycles. The van der Waals surface area contributed by atoms with Gasteiger partial charge in [0.1, 0.15) is 0 Å². The zero-order chi connectivity index (χ0) is 15.1. The highest BCUT2D eigenvalue weighted by atomic mass is 127. The van der Waals surface area contributed by atoms with Crippen LogP contribution >= 0.6 is 22.6 Å². The second-order valence-corrected chi connectivity index (χ2v) is 5.93. The first-order valence-electron chi connectivity index (χ1n) is 6.14. The Hall–Kier alpha value is -2.09. The van der Waals surface area contributed by atoms with Crippen molar-refractivity contribution in [1.82, 2.24) is 4.90 Å². The van der Waals surface area contributed by atoms with Gasteiger partial charge < -0.3 is 10.2 Å². The molecule has 0 aliphatic carbocycles.